The van der Waals surface area contributed by atoms with Crippen LogP contribution in [0.5, 0.6) is 0 Å². The minimum Gasteiger partial charge on any atom is -0.462 e. The van der Waals surface area contributed by atoms with Crippen molar-refractivity contribution in [3.63, 3.8) is 0 Å². The molecule has 1 saturated carbocycles. The number of benzene rings is 1. The van der Waals surface area contributed by atoms with Gasteiger partial charge in [-0.3, -0.25) is 9.59 Å². The van der Waals surface area contributed by atoms with Gasteiger partial charge in [-0.05, 0) is 39.5 Å². The van der Waals surface area contributed by atoms with Gasteiger partial charge in [0.25, 0.3) is 0 Å². The van der Waals surface area contributed by atoms with Crippen LogP contribution < -0.4 is 0 Å². The number of Topliss-reactive ketones (excluding diaryl/α,β-unsaturated/α-hetero) is 1. The third-order valence-electron chi connectivity index (χ3n) is 3.94. The zero-order valence-corrected chi connectivity index (χ0v) is 12.2. The number of ketones is 1. The van der Waals surface area contributed by atoms with Crippen LogP contribution in [0.15, 0.2) is 30.3 Å². The molecule has 0 aliphatic heterocycles. The van der Waals surface area contributed by atoms with Crippen LogP contribution in [0.3, 0.4) is 0 Å². The van der Waals surface area contributed by atoms with Crippen LogP contribution >= 0.6 is 0 Å². The molecule has 1 aromatic rings. The van der Waals surface area contributed by atoms with Crippen molar-refractivity contribution < 1.29 is 14.3 Å². The monoisotopic (exact) mass is 274 g/mol. The highest BCUT2D eigenvalue weighted by molar-refractivity contribution is 6.11. The van der Waals surface area contributed by atoms with Crippen LogP contribution in [-0.4, -0.2) is 17.9 Å². The van der Waals surface area contributed by atoms with Crippen LogP contribution in [-0.2, 0) is 9.53 Å². The van der Waals surface area contributed by atoms with Gasteiger partial charge in [-0.15, -0.1) is 0 Å². The Labute approximate surface area is 120 Å². The van der Waals surface area contributed by atoms with Gasteiger partial charge in [0.15, 0.2) is 5.78 Å². The fraction of sp³-hybridized carbons (Fsp3) is 0.529. The summed E-state index contributed by atoms with van der Waals surface area (Å²) in [4.78, 5) is 24.8. The van der Waals surface area contributed by atoms with Crippen LogP contribution in [0.2, 0.25) is 0 Å². The molecule has 1 aromatic carbocycles. The van der Waals surface area contributed by atoms with Crippen molar-refractivity contribution in [1.29, 1.82) is 0 Å². The number of ether oxygens (including phenoxy) is 1. The van der Waals surface area contributed by atoms with Crippen LogP contribution in [0.25, 0.3) is 0 Å². The molecule has 1 aliphatic rings. The maximum atomic E-state index is 12.4. The highest BCUT2D eigenvalue weighted by Crippen LogP contribution is 2.27. The van der Waals surface area contributed by atoms with E-state index in [4.69, 9.17) is 4.74 Å². The number of carbonyl (C=O) groups excluding carboxylic acids is 2. The van der Waals surface area contributed by atoms with Gasteiger partial charge >= 0.3 is 5.97 Å². The van der Waals surface area contributed by atoms with E-state index >= 15 is 0 Å². The zero-order valence-electron chi connectivity index (χ0n) is 12.2. The number of hydrogen-bond donors (Lipinski definition) is 0. The average Bonchev–Trinajstić information content (AvgIpc) is 2.48. The predicted molar refractivity (Wildman–Crippen MR) is 77.5 cm³/mol. The topological polar surface area (TPSA) is 43.4 Å². The molecule has 0 spiro atoms. The van der Waals surface area contributed by atoms with Crippen molar-refractivity contribution in [1.82, 2.24) is 0 Å². The third-order valence-corrected chi connectivity index (χ3v) is 3.94. The summed E-state index contributed by atoms with van der Waals surface area (Å²) in [6.07, 6.45) is 5.23. The molecule has 108 valence electrons. The SMILES string of the molecule is CC(C)(C(=O)OC1CCCCC1)C(=O)c1ccccc1. The highest BCUT2D eigenvalue weighted by atomic mass is 16.5. The molecule has 1 aliphatic carbocycles. The molecule has 0 saturated heterocycles. The Bertz CT molecular complexity index is 470. The van der Waals surface area contributed by atoms with E-state index in [2.05, 4.69) is 0 Å². The molecule has 1 fully saturated rings. The second kappa shape index (κ2) is 6.21. The normalized spacial score (nSPS) is 16.7. The Morgan fingerprint density at radius 2 is 1.65 bits per heavy atom. The molecular weight excluding hydrogens is 252 g/mol. The van der Waals surface area contributed by atoms with Crippen molar-refractivity contribution in [2.45, 2.75) is 52.1 Å². The summed E-state index contributed by atoms with van der Waals surface area (Å²) >= 11 is 0. The van der Waals surface area contributed by atoms with E-state index in [0.29, 0.717) is 5.56 Å². The van der Waals surface area contributed by atoms with Gasteiger partial charge in [0.05, 0.1) is 0 Å². The van der Waals surface area contributed by atoms with E-state index in [9.17, 15) is 9.59 Å². The second-order valence-electron chi connectivity index (χ2n) is 5.99. The van der Waals surface area contributed by atoms with Crippen molar-refractivity contribution in [2.75, 3.05) is 0 Å². The summed E-state index contributed by atoms with van der Waals surface area (Å²) in [7, 11) is 0. The summed E-state index contributed by atoms with van der Waals surface area (Å²) in [6.45, 7) is 3.29. The van der Waals surface area contributed by atoms with E-state index in [1.54, 1.807) is 38.1 Å². The lowest BCUT2D eigenvalue weighted by Gasteiger charge is -2.27. The number of esters is 1. The van der Waals surface area contributed by atoms with E-state index in [0.717, 1.165) is 25.7 Å². The highest BCUT2D eigenvalue weighted by Gasteiger charge is 2.39. The van der Waals surface area contributed by atoms with Crippen molar-refractivity contribution in [2.24, 2.45) is 5.41 Å². The van der Waals surface area contributed by atoms with Gasteiger partial charge in [0.2, 0.25) is 0 Å². The fourth-order valence-electron chi connectivity index (χ4n) is 2.52. The van der Waals surface area contributed by atoms with Crippen LogP contribution in [0, 0.1) is 5.41 Å². The molecular formula is C17H22O3. The van der Waals surface area contributed by atoms with Gasteiger partial charge in [-0.1, -0.05) is 36.8 Å². The Balaban J connectivity index is 2.04. The van der Waals surface area contributed by atoms with Gasteiger partial charge in [-0.2, -0.15) is 0 Å². The molecule has 3 nitrogen and oxygen atoms in total. The molecule has 0 atom stereocenters. The third kappa shape index (κ3) is 3.27. The van der Waals surface area contributed by atoms with Gasteiger partial charge < -0.3 is 4.74 Å². The Morgan fingerprint density at radius 1 is 1.05 bits per heavy atom. The summed E-state index contributed by atoms with van der Waals surface area (Å²) in [5.41, 5.74) is -0.572. The first-order chi connectivity index (χ1) is 9.51. The first-order valence-electron chi connectivity index (χ1n) is 7.33. The lowest BCUT2D eigenvalue weighted by atomic mass is 9.84. The van der Waals surface area contributed by atoms with Crippen LogP contribution in [0.4, 0.5) is 0 Å². The number of carbonyl (C=O) groups is 2. The van der Waals surface area contributed by atoms with Crippen molar-refractivity contribution >= 4 is 11.8 Å². The fourth-order valence-corrected chi connectivity index (χ4v) is 2.52. The molecule has 3 heteroatoms. The molecule has 2 rings (SSSR count). The first-order valence-corrected chi connectivity index (χ1v) is 7.33. The van der Waals surface area contributed by atoms with Crippen molar-refractivity contribution in [3.05, 3.63) is 35.9 Å². The van der Waals surface area contributed by atoms with Crippen molar-refractivity contribution in [3.8, 4) is 0 Å². The maximum Gasteiger partial charge on any atom is 0.319 e. The molecule has 0 aromatic heterocycles. The van der Waals surface area contributed by atoms with Gasteiger partial charge in [-0.25, -0.2) is 0 Å². The lowest BCUT2D eigenvalue weighted by Crippen LogP contribution is -2.37. The Hall–Kier alpha value is -1.64. The smallest absolute Gasteiger partial charge is 0.319 e. The van der Waals surface area contributed by atoms with E-state index < -0.39 is 11.4 Å². The van der Waals surface area contributed by atoms with Crippen LogP contribution in [0.1, 0.15) is 56.3 Å². The minimum absolute atomic E-state index is 0.0147. The molecule has 0 bridgehead atoms. The largest absolute Gasteiger partial charge is 0.462 e. The summed E-state index contributed by atoms with van der Waals surface area (Å²) < 4.78 is 5.54. The quantitative estimate of drug-likeness (QED) is 0.477. The van der Waals surface area contributed by atoms with E-state index in [1.807, 2.05) is 6.07 Å². The molecule has 0 radical (unpaired) electrons. The second-order valence-corrected chi connectivity index (χ2v) is 5.99. The number of rotatable bonds is 4. The Kier molecular flexibility index (Phi) is 4.58. The number of hydrogen-bond acceptors (Lipinski definition) is 3. The summed E-state index contributed by atoms with van der Waals surface area (Å²) in [5, 5.41) is 0. The van der Waals surface area contributed by atoms with Gasteiger partial charge in [0, 0.05) is 5.56 Å². The lowest BCUT2D eigenvalue weighted by molar-refractivity contribution is -0.158. The average molecular weight is 274 g/mol. The first kappa shape index (κ1) is 14.8. The summed E-state index contributed by atoms with van der Waals surface area (Å²) in [6, 6.07) is 8.92. The summed E-state index contributed by atoms with van der Waals surface area (Å²) in [5.74, 6) is -0.586. The molecule has 0 N–H and O–H groups in total. The van der Waals surface area contributed by atoms with E-state index in [-0.39, 0.29) is 11.9 Å². The standard InChI is InChI=1S/C17H22O3/c1-17(2,15(18)13-9-5-3-6-10-13)16(19)20-14-11-7-4-8-12-14/h3,5-6,9-10,14H,4,7-8,11-12H2,1-2H3. The molecule has 0 amide bonds. The van der Waals surface area contributed by atoms with Gasteiger partial charge in [0.1, 0.15) is 11.5 Å². The molecule has 0 unspecified atom stereocenters. The Morgan fingerprint density at radius 3 is 2.25 bits per heavy atom. The minimum atomic E-state index is -1.13. The molecule has 20 heavy (non-hydrogen) atoms. The predicted octanol–water partition coefficient (Wildman–Crippen LogP) is 3.77. The zero-order chi connectivity index (χ0) is 14.6. The maximum absolute atomic E-state index is 12.4. The van der Waals surface area contributed by atoms with E-state index in [1.165, 1.54) is 6.42 Å². The molecule has 0 heterocycles.